The molecule has 2 rings (SSSR count). The summed E-state index contributed by atoms with van der Waals surface area (Å²) in [7, 11) is 0. The fourth-order valence-corrected chi connectivity index (χ4v) is 2.00. The summed E-state index contributed by atoms with van der Waals surface area (Å²) in [5, 5.41) is 3.95. The van der Waals surface area contributed by atoms with Gasteiger partial charge in [-0.3, -0.25) is 0 Å². The molecule has 2 aromatic rings. The summed E-state index contributed by atoms with van der Waals surface area (Å²) in [5.74, 6) is 0. The van der Waals surface area contributed by atoms with Gasteiger partial charge in [0, 0.05) is 11.6 Å². The predicted octanol–water partition coefficient (Wildman–Crippen LogP) is 3.56. The Kier molecular flexibility index (Phi) is 3.56. The van der Waals surface area contributed by atoms with Crippen molar-refractivity contribution in [2.45, 2.75) is 19.1 Å². The Morgan fingerprint density at radius 2 is 1.95 bits per heavy atom. The molecule has 19 heavy (non-hydrogen) atoms. The second-order valence-electron chi connectivity index (χ2n) is 4.10. The lowest BCUT2D eigenvalue weighted by Gasteiger charge is -2.14. The molecular formula is C12H11ClF3N3. The molecule has 0 amide bonds. The summed E-state index contributed by atoms with van der Waals surface area (Å²) in [6, 6.07) is 5.43. The topological polar surface area (TPSA) is 43.8 Å². The van der Waals surface area contributed by atoms with E-state index in [4.69, 9.17) is 17.3 Å². The number of alkyl halides is 3. The highest BCUT2D eigenvalue weighted by molar-refractivity contribution is 6.32. The van der Waals surface area contributed by atoms with E-state index in [1.165, 1.54) is 19.1 Å². The highest BCUT2D eigenvalue weighted by Gasteiger charge is 2.39. The Balaban J connectivity index is 2.69. The average molecular weight is 290 g/mol. The third kappa shape index (κ3) is 2.59. The van der Waals surface area contributed by atoms with Crippen LogP contribution in [0, 0.1) is 0 Å². The molecule has 0 aliphatic heterocycles. The molecule has 0 saturated heterocycles. The highest BCUT2D eigenvalue weighted by atomic mass is 35.5. The zero-order valence-electron chi connectivity index (χ0n) is 9.95. The normalized spacial score (nSPS) is 13.6. The van der Waals surface area contributed by atoms with Crippen molar-refractivity contribution in [3.05, 3.63) is 46.7 Å². The quantitative estimate of drug-likeness (QED) is 0.918. The lowest BCUT2D eigenvalue weighted by atomic mass is 10.1. The molecule has 1 aromatic carbocycles. The van der Waals surface area contributed by atoms with Crippen LogP contribution in [0.3, 0.4) is 0 Å². The smallest absolute Gasteiger partial charge is 0.324 e. The maximum atomic E-state index is 13.2. The van der Waals surface area contributed by atoms with Crippen LogP contribution in [0.1, 0.15) is 24.2 Å². The van der Waals surface area contributed by atoms with Crippen molar-refractivity contribution in [3.8, 4) is 5.69 Å². The first-order valence-corrected chi connectivity index (χ1v) is 5.85. The summed E-state index contributed by atoms with van der Waals surface area (Å²) < 4.78 is 40.3. The molecule has 3 nitrogen and oxygen atoms in total. The van der Waals surface area contributed by atoms with Crippen LogP contribution < -0.4 is 5.73 Å². The zero-order chi connectivity index (χ0) is 14.2. The van der Waals surface area contributed by atoms with E-state index < -0.39 is 17.9 Å². The molecular weight excluding hydrogens is 279 g/mol. The van der Waals surface area contributed by atoms with Crippen LogP contribution in [0.15, 0.2) is 30.5 Å². The minimum Gasteiger partial charge on any atom is -0.324 e. The third-order valence-corrected chi connectivity index (χ3v) is 2.96. The molecule has 0 spiro atoms. The van der Waals surface area contributed by atoms with Gasteiger partial charge in [0.1, 0.15) is 0 Å². The van der Waals surface area contributed by atoms with E-state index in [2.05, 4.69) is 5.10 Å². The van der Waals surface area contributed by atoms with Crippen LogP contribution in [-0.2, 0) is 6.18 Å². The van der Waals surface area contributed by atoms with E-state index in [-0.39, 0.29) is 16.3 Å². The largest absolute Gasteiger partial charge is 0.433 e. The van der Waals surface area contributed by atoms with Gasteiger partial charge in [0.05, 0.1) is 16.9 Å². The van der Waals surface area contributed by atoms with Crippen LogP contribution >= 0.6 is 11.6 Å². The first kappa shape index (κ1) is 13.9. The van der Waals surface area contributed by atoms with Crippen molar-refractivity contribution in [1.82, 2.24) is 9.78 Å². The second kappa shape index (κ2) is 4.86. The summed E-state index contributed by atoms with van der Waals surface area (Å²) >= 11 is 5.91. The van der Waals surface area contributed by atoms with Crippen LogP contribution in [0.4, 0.5) is 13.2 Å². The Morgan fingerprint density at radius 3 is 2.47 bits per heavy atom. The summed E-state index contributed by atoms with van der Waals surface area (Å²) in [5.41, 5.74) is 4.77. The van der Waals surface area contributed by atoms with E-state index in [0.29, 0.717) is 0 Å². The van der Waals surface area contributed by atoms with Gasteiger partial charge in [-0.2, -0.15) is 18.3 Å². The fraction of sp³-hybridized carbons (Fsp3) is 0.250. The number of hydrogen-bond acceptors (Lipinski definition) is 2. The number of benzene rings is 1. The molecule has 0 fully saturated rings. The van der Waals surface area contributed by atoms with Gasteiger partial charge < -0.3 is 5.73 Å². The molecule has 0 aliphatic rings. The Labute approximate surface area is 112 Å². The van der Waals surface area contributed by atoms with Crippen LogP contribution in [-0.4, -0.2) is 9.78 Å². The van der Waals surface area contributed by atoms with Crippen molar-refractivity contribution in [1.29, 1.82) is 0 Å². The minimum absolute atomic E-state index is 0.0626. The molecule has 7 heteroatoms. The lowest BCUT2D eigenvalue weighted by molar-refractivity contribution is -0.143. The van der Waals surface area contributed by atoms with Gasteiger partial charge >= 0.3 is 6.18 Å². The Morgan fingerprint density at radius 1 is 1.32 bits per heavy atom. The van der Waals surface area contributed by atoms with Gasteiger partial charge in [-0.1, -0.05) is 23.7 Å². The molecule has 2 N–H and O–H groups in total. The molecule has 1 atom stereocenters. The van der Waals surface area contributed by atoms with Crippen LogP contribution in [0.2, 0.25) is 5.02 Å². The molecule has 0 bridgehead atoms. The monoisotopic (exact) mass is 289 g/mol. The summed E-state index contributed by atoms with van der Waals surface area (Å²) in [6.45, 7) is 1.48. The maximum absolute atomic E-state index is 13.2. The Hall–Kier alpha value is -1.53. The van der Waals surface area contributed by atoms with Gasteiger partial charge in [-0.05, 0) is 19.1 Å². The number of para-hydroxylation sites is 1. The number of rotatable bonds is 2. The molecule has 0 saturated carbocycles. The van der Waals surface area contributed by atoms with Gasteiger partial charge in [0.15, 0.2) is 5.69 Å². The average Bonchev–Trinajstić information content (AvgIpc) is 2.73. The fourth-order valence-electron chi connectivity index (χ4n) is 1.78. The van der Waals surface area contributed by atoms with Gasteiger partial charge in [-0.15, -0.1) is 0 Å². The maximum Gasteiger partial charge on any atom is 0.433 e. The predicted molar refractivity (Wildman–Crippen MR) is 66.2 cm³/mol. The number of halogens is 4. The lowest BCUT2D eigenvalue weighted by Crippen LogP contribution is -2.18. The van der Waals surface area contributed by atoms with Gasteiger partial charge in [-0.25, -0.2) is 4.68 Å². The van der Waals surface area contributed by atoms with E-state index in [9.17, 15) is 13.2 Å². The number of nitrogens with two attached hydrogens (primary N) is 1. The molecule has 102 valence electrons. The van der Waals surface area contributed by atoms with Gasteiger partial charge in [0.2, 0.25) is 0 Å². The van der Waals surface area contributed by atoms with Crippen LogP contribution in [0.5, 0.6) is 0 Å². The summed E-state index contributed by atoms with van der Waals surface area (Å²) in [6.07, 6.45) is -3.44. The summed E-state index contributed by atoms with van der Waals surface area (Å²) in [4.78, 5) is 0. The first-order chi connectivity index (χ1) is 8.82. The first-order valence-electron chi connectivity index (χ1n) is 5.48. The molecule has 1 aromatic heterocycles. The van der Waals surface area contributed by atoms with Crippen molar-refractivity contribution >= 4 is 11.6 Å². The van der Waals surface area contributed by atoms with E-state index in [0.717, 1.165) is 10.9 Å². The van der Waals surface area contributed by atoms with E-state index in [1.54, 1.807) is 12.1 Å². The van der Waals surface area contributed by atoms with Crippen molar-refractivity contribution < 1.29 is 13.2 Å². The van der Waals surface area contributed by atoms with Crippen molar-refractivity contribution in [3.63, 3.8) is 0 Å². The molecule has 1 heterocycles. The number of aromatic nitrogens is 2. The third-order valence-electron chi connectivity index (χ3n) is 2.64. The van der Waals surface area contributed by atoms with Crippen molar-refractivity contribution in [2.24, 2.45) is 5.73 Å². The molecule has 0 aliphatic carbocycles. The number of nitrogens with zero attached hydrogens (tertiary/aromatic N) is 2. The van der Waals surface area contributed by atoms with E-state index in [1.807, 2.05) is 0 Å². The Bertz CT molecular complexity index is 590. The molecule has 1 unspecified atom stereocenters. The second-order valence-corrected chi connectivity index (χ2v) is 4.51. The minimum atomic E-state index is -4.56. The zero-order valence-corrected chi connectivity index (χ0v) is 10.7. The molecule has 0 radical (unpaired) electrons. The SMILES string of the molecule is CC(N)c1cnn(-c2ccccc2Cl)c1C(F)(F)F. The highest BCUT2D eigenvalue weighted by Crippen LogP contribution is 2.36. The van der Waals surface area contributed by atoms with Crippen LogP contribution in [0.25, 0.3) is 5.69 Å². The van der Waals surface area contributed by atoms with Gasteiger partial charge in [0.25, 0.3) is 0 Å². The van der Waals surface area contributed by atoms with E-state index >= 15 is 0 Å². The standard InChI is InChI=1S/C12H11ClF3N3/c1-7(17)8-6-18-19(11(8)12(14,15)16)10-5-3-2-4-9(10)13/h2-7H,17H2,1H3. The van der Waals surface area contributed by atoms with Crippen molar-refractivity contribution in [2.75, 3.05) is 0 Å². The number of hydrogen-bond donors (Lipinski definition) is 1.